The van der Waals surface area contributed by atoms with Gasteiger partial charge >= 0.3 is 0 Å². The summed E-state index contributed by atoms with van der Waals surface area (Å²) >= 11 is 0. The lowest BCUT2D eigenvalue weighted by atomic mass is 10.3. The van der Waals surface area contributed by atoms with Crippen molar-refractivity contribution in [2.24, 2.45) is 0 Å². The second kappa shape index (κ2) is 3.51. The zero-order valence-electron chi connectivity index (χ0n) is 7.64. The van der Waals surface area contributed by atoms with Gasteiger partial charge in [0.15, 0.2) is 5.65 Å². The van der Waals surface area contributed by atoms with Crippen LogP contribution in [0.3, 0.4) is 0 Å². The fourth-order valence-corrected chi connectivity index (χ4v) is 1.30. The van der Waals surface area contributed by atoms with E-state index in [2.05, 4.69) is 22.0 Å². The van der Waals surface area contributed by atoms with E-state index in [1.165, 1.54) is 6.42 Å². The minimum absolute atomic E-state index is 0.934. The molecule has 0 amide bonds. The average Bonchev–Trinajstić information content (AvgIpc) is 2.58. The van der Waals surface area contributed by atoms with E-state index in [1.807, 2.05) is 10.9 Å². The van der Waals surface area contributed by atoms with Crippen molar-refractivity contribution in [1.29, 1.82) is 0 Å². The van der Waals surface area contributed by atoms with E-state index in [-0.39, 0.29) is 0 Å². The van der Waals surface area contributed by atoms with Gasteiger partial charge in [0.05, 0.1) is 11.6 Å². The molecule has 0 radical (unpaired) electrons. The van der Waals surface area contributed by atoms with Gasteiger partial charge in [0.2, 0.25) is 0 Å². The van der Waals surface area contributed by atoms with Crippen LogP contribution in [0, 0.1) is 0 Å². The molecule has 4 heteroatoms. The van der Waals surface area contributed by atoms with Crippen molar-refractivity contribution >= 4 is 11.0 Å². The summed E-state index contributed by atoms with van der Waals surface area (Å²) in [6.07, 6.45) is 7.47. The van der Waals surface area contributed by atoms with E-state index in [0.717, 1.165) is 24.0 Å². The molecule has 0 atom stereocenters. The number of fused-ring (bicyclic) bond motifs is 1. The summed E-state index contributed by atoms with van der Waals surface area (Å²) in [4.78, 5) is 8.13. The quantitative estimate of drug-likeness (QED) is 0.713. The minimum atomic E-state index is 0.934. The molecule has 0 aliphatic carbocycles. The van der Waals surface area contributed by atoms with Crippen molar-refractivity contribution in [2.75, 3.05) is 0 Å². The van der Waals surface area contributed by atoms with Gasteiger partial charge < -0.3 is 0 Å². The standard InChI is InChI=1S/C9H12N4/c1-2-3-4-13-9-8(6-12-13)5-10-7-11-9/h5-7H,2-4H2,1H3. The van der Waals surface area contributed by atoms with Crippen molar-refractivity contribution in [2.45, 2.75) is 26.3 Å². The third-order valence-corrected chi connectivity index (χ3v) is 2.02. The zero-order valence-corrected chi connectivity index (χ0v) is 7.64. The van der Waals surface area contributed by atoms with Crippen molar-refractivity contribution in [3.8, 4) is 0 Å². The molecule has 0 aliphatic rings. The van der Waals surface area contributed by atoms with Crippen LogP contribution in [0.5, 0.6) is 0 Å². The monoisotopic (exact) mass is 176 g/mol. The van der Waals surface area contributed by atoms with Crippen molar-refractivity contribution in [3.63, 3.8) is 0 Å². The predicted octanol–water partition coefficient (Wildman–Crippen LogP) is 1.63. The van der Waals surface area contributed by atoms with Gasteiger partial charge in [-0.15, -0.1) is 0 Å². The van der Waals surface area contributed by atoms with Crippen molar-refractivity contribution in [1.82, 2.24) is 19.7 Å². The maximum atomic E-state index is 4.25. The highest BCUT2D eigenvalue weighted by Crippen LogP contribution is 2.08. The van der Waals surface area contributed by atoms with E-state index in [0.29, 0.717) is 0 Å². The van der Waals surface area contributed by atoms with Crippen LogP contribution >= 0.6 is 0 Å². The molecule has 2 rings (SSSR count). The molecule has 2 aromatic heterocycles. The zero-order chi connectivity index (χ0) is 9.10. The summed E-state index contributed by atoms with van der Waals surface area (Å²) in [5, 5.41) is 5.26. The molecular formula is C9H12N4. The molecule has 0 bridgehead atoms. The first-order valence-electron chi connectivity index (χ1n) is 4.53. The molecule has 0 saturated carbocycles. The number of unbranched alkanes of at least 4 members (excludes halogenated alkanes) is 1. The van der Waals surface area contributed by atoms with Crippen LogP contribution in [-0.2, 0) is 6.54 Å². The molecule has 2 aromatic rings. The van der Waals surface area contributed by atoms with Crippen LogP contribution in [0.15, 0.2) is 18.7 Å². The minimum Gasteiger partial charge on any atom is -0.247 e. The molecule has 2 heterocycles. The van der Waals surface area contributed by atoms with Crippen LogP contribution < -0.4 is 0 Å². The summed E-state index contributed by atoms with van der Waals surface area (Å²) in [6.45, 7) is 3.11. The Bertz CT molecular complexity index is 393. The first kappa shape index (κ1) is 8.16. The SMILES string of the molecule is CCCCn1ncc2cncnc21. The van der Waals surface area contributed by atoms with E-state index >= 15 is 0 Å². The summed E-state index contributed by atoms with van der Waals surface area (Å²) in [5.74, 6) is 0. The van der Waals surface area contributed by atoms with Gasteiger partial charge in [0, 0.05) is 12.7 Å². The van der Waals surface area contributed by atoms with Crippen molar-refractivity contribution in [3.05, 3.63) is 18.7 Å². The number of aryl methyl sites for hydroxylation is 1. The van der Waals surface area contributed by atoms with Crippen LogP contribution in [0.1, 0.15) is 19.8 Å². The van der Waals surface area contributed by atoms with E-state index < -0.39 is 0 Å². The molecule has 4 nitrogen and oxygen atoms in total. The Morgan fingerprint density at radius 2 is 2.31 bits per heavy atom. The predicted molar refractivity (Wildman–Crippen MR) is 50.2 cm³/mol. The first-order valence-corrected chi connectivity index (χ1v) is 4.53. The number of rotatable bonds is 3. The molecule has 0 aromatic carbocycles. The van der Waals surface area contributed by atoms with Gasteiger partial charge in [0.1, 0.15) is 6.33 Å². The second-order valence-electron chi connectivity index (χ2n) is 3.02. The van der Waals surface area contributed by atoms with Gasteiger partial charge in [0.25, 0.3) is 0 Å². The Kier molecular flexibility index (Phi) is 2.21. The van der Waals surface area contributed by atoms with E-state index in [4.69, 9.17) is 0 Å². The highest BCUT2D eigenvalue weighted by Gasteiger charge is 2.01. The molecule has 13 heavy (non-hydrogen) atoms. The molecule has 0 fully saturated rings. The number of hydrogen-bond donors (Lipinski definition) is 0. The average molecular weight is 176 g/mol. The Morgan fingerprint density at radius 1 is 1.38 bits per heavy atom. The van der Waals surface area contributed by atoms with Crippen LogP contribution in [0.25, 0.3) is 11.0 Å². The third-order valence-electron chi connectivity index (χ3n) is 2.02. The molecule has 0 unspecified atom stereocenters. The Morgan fingerprint density at radius 3 is 3.15 bits per heavy atom. The van der Waals surface area contributed by atoms with Gasteiger partial charge in [-0.2, -0.15) is 5.10 Å². The fourth-order valence-electron chi connectivity index (χ4n) is 1.30. The summed E-state index contributed by atoms with van der Waals surface area (Å²) in [5.41, 5.74) is 0.934. The van der Waals surface area contributed by atoms with Gasteiger partial charge in [-0.05, 0) is 6.42 Å². The maximum Gasteiger partial charge on any atom is 0.161 e. The van der Waals surface area contributed by atoms with Crippen LogP contribution in [0.4, 0.5) is 0 Å². The summed E-state index contributed by atoms with van der Waals surface area (Å²) < 4.78 is 1.93. The second-order valence-corrected chi connectivity index (χ2v) is 3.02. The first-order chi connectivity index (χ1) is 6.42. The van der Waals surface area contributed by atoms with Gasteiger partial charge in [-0.25, -0.2) is 14.6 Å². The lowest BCUT2D eigenvalue weighted by molar-refractivity contribution is 0.584. The summed E-state index contributed by atoms with van der Waals surface area (Å²) in [6, 6.07) is 0. The largest absolute Gasteiger partial charge is 0.247 e. The molecule has 0 N–H and O–H groups in total. The Labute approximate surface area is 76.6 Å². The van der Waals surface area contributed by atoms with Crippen LogP contribution in [0.2, 0.25) is 0 Å². The normalized spacial score (nSPS) is 10.8. The Balaban J connectivity index is 2.35. The fraction of sp³-hybridized carbons (Fsp3) is 0.444. The lowest BCUT2D eigenvalue weighted by Crippen LogP contribution is -2.00. The molecule has 0 saturated heterocycles. The van der Waals surface area contributed by atoms with Crippen molar-refractivity contribution < 1.29 is 0 Å². The van der Waals surface area contributed by atoms with E-state index in [1.54, 1.807) is 12.5 Å². The highest BCUT2D eigenvalue weighted by molar-refractivity contribution is 5.72. The van der Waals surface area contributed by atoms with Gasteiger partial charge in [-0.1, -0.05) is 13.3 Å². The smallest absolute Gasteiger partial charge is 0.161 e. The number of hydrogen-bond acceptors (Lipinski definition) is 3. The lowest BCUT2D eigenvalue weighted by Gasteiger charge is -1.99. The molecule has 0 aliphatic heterocycles. The molecule has 68 valence electrons. The topological polar surface area (TPSA) is 43.6 Å². The Hall–Kier alpha value is -1.45. The summed E-state index contributed by atoms with van der Waals surface area (Å²) in [7, 11) is 0. The molecular weight excluding hydrogens is 164 g/mol. The van der Waals surface area contributed by atoms with Gasteiger partial charge in [-0.3, -0.25) is 0 Å². The maximum absolute atomic E-state index is 4.25. The number of nitrogens with zero attached hydrogens (tertiary/aromatic N) is 4. The number of aromatic nitrogens is 4. The third kappa shape index (κ3) is 1.52. The van der Waals surface area contributed by atoms with Crippen LogP contribution in [-0.4, -0.2) is 19.7 Å². The van der Waals surface area contributed by atoms with E-state index in [9.17, 15) is 0 Å². The molecule has 0 spiro atoms. The highest BCUT2D eigenvalue weighted by atomic mass is 15.3.